The molecule has 0 unspecified atom stereocenters. The van der Waals surface area contributed by atoms with E-state index in [0.717, 1.165) is 19.3 Å². The molecule has 0 radical (unpaired) electrons. The minimum Gasteiger partial charge on any atom is -0.350 e. The van der Waals surface area contributed by atoms with Crippen molar-refractivity contribution in [3.63, 3.8) is 0 Å². The number of benzene rings is 1. The van der Waals surface area contributed by atoms with Crippen LogP contribution in [0.5, 0.6) is 0 Å². The lowest BCUT2D eigenvalue weighted by atomic mass is 9.78. The Hall–Kier alpha value is -0.940. The zero-order valence-corrected chi connectivity index (χ0v) is 10.9. The van der Waals surface area contributed by atoms with Gasteiger partial charge in [0.2, 0.25) is 0 Å². The Morgan fingerprint density at radius 1 is 1.53 bits per heavy atom. The van der Waals surface area contributed by atoms with E-state index < -0.39 is 11.7 Å². The first-order valence-corrected chi connectivity index (χ1v) is 6.32. The molecule has 0 aliphatic heterocycles. The van der Waals surface area contributed by atoms with E-state index in [-0.39, 0.29) is 15.6 Å². The number of nitrogens with one attached hydrogen (secondary N) is 1. The number of carbonyl (C=O) groups excluding carboxylic acids is 1. The van der Waals surface area contributed by atoms with E-state index in [4.69, 9.17) is 5.73 Å². The van der Waals surface area contributed by atoms with Crippen LogP contribution in [-0.2, 0) is 0 Å². The van der Waals surface area contributed by atoms with Gasteiger partial charge in [0.15, 0.2) is 0 Å². The molecule has 0 spiro atoms. The van der Waals surface area contributed by atoms with Crippen LogP contribution >= 0.6 is 15.9 Å². The topological polar surface area (TPSA) is 55.1 Å². The summed E-state index contributed by atoms with van der Waals surface area (Å²) in [4.78, 5) is 11.8. The number of amides is 1. The smallest absolute Gasteiger partial charge is 0.254 e. The van der Waals surface area contributed by atoms with Crippen molar-refractivity contribution in [2.45, 2.75) is 24.8 Å². The maximum absolute atomic E-state index is 13.6. The fourth-order valence-electron chi connectivity index (χ4n) is 1.84. The normalized spacial score (nSPS) is 17.4. The van der Waals surface area contributed by atoms with E-state index >= 15 is 0 Å². The van der Waals surface area contributed by atoms with Crippen LogP contribution in [0.15, 0.2) is 22.7 Å². The van der Waals surface area contributed by atoms with Gasteiger partial charge in [0.25, 0.3) is 5.91 Å². The Labute approximate surface area is 108 Å². The molecule has 17 heavy (non-hydrogen) atoms. The van der Waals surface area contributed by atoms with Gasteiger partial charge >= 0.3 is 0 Å². The summed E-state index contributed by atoms with van der Waals surface area (Å²) in [6, 6.07) is 4.64. The van der Waals surface area contributed by atoms with Crippen molar-refractivity contribution in [2.75, 3.05) is 6.54 Å². The van der Waals surface area contributed by atoms with E-state index in [2.05, 4.69) is 21.2 Å². The molecule has 1 amide bonds. The standard InChI is InChI=1S/C12H14BrFN2O/c13-9-4-1-3-8(10(9)14)11(17)16-7-12(15)5-2-6-12/h1,3-4H,2,5-7,15H2,(H,16,17). The Morgan fingerprint density at radius 3 is 2.82 bits per heavy atom. The Morgan fingerprint density at radius 2 is 2.24 bits per heavy atom. The van der Waals surface area contributed by atoms with Gasteiger partial charge in [0, 0.05) is 12.1 Å². The van der Waals surface area contributed by atoms with Crippen LogP contribution in [-0.4, -0.2) is 18.0 Å². The van der Waals surface area contributed by atoms with Gasteiger partial charge in [-0.15, -0.1) is 0 Å². The van der Waals surface area contributed by atoms with Crippen molar-refractivity contribution in [2.24, 2.45) is 5.73 Å². The van der Waals surface area contributed by atoms with Crippen molar-refractivity contribution in [3.05, 3.63) is 34.1 Å². The summed E-state index contributed by atoms with van der Waals surface area (Å²) in [6.07, 6.45) is 2.92. The molecule has 1 aromatic carbocycles. The molecule has 1 aliphatic rings. The molecule has 0 atom stereocenters. The van der Waals surface area contributed by atoms with Crippen molar-refractivity contribution in [1.82, 2.24) is 5.32 Å². The highest BCUT2D eigenvalue weighted by Crippen LogP contribution is 2.28. The van der Waals surface area contributed by atoms with Crippen LogP contribution in [0.1, 0.15) is 29.6 Å². The first-order chi connectivity index (χ1) is 8.02. The number of carbonyl (C=O) groups is 1. The van der Waals surface area contributed by atoms with Crippen LogP contribution in [0.2, 0.25) is 0 Å². The summed E-state index contributed by atoms with van der Waals surface area (Å²) in [5, 5.41) is 2.68. The van der Waals surface area contributed by atoms with Gasteiger partial charge in [-0.25, -0.2) is 4.39 Å². The van der Waals surface area contributed by atoms with Crippen LogP contribution in [0, 0.1) is 5.82 Å². The highest BCUT2D eigenvalue weighted by Gasteiger charge is 2.32. The maximum atomic E-state index is 13.6. The Bertz CT molecular complexity index is 446. The molecule has 92 valence electrons. The second-order valence-corrected chi connectivity index (χ2v) is 5.35. The fraction of sp³-hybridized carbons (Fsp3) is 0.417. The van der Waals surface area contributed by atoms with E-state index in [0.29, 0.717) is 6.54 Å². The molecule has 0 heterocycles. The number of rotatable bonds is 3. The molecule has 5 heteroatoms. The maximum Gasteiger partial charge on any atom is 0.254 e. The predicted molar refractivity (Wildman–Crippen MR) is 67.2 cm³/mol. The van der Waals surface area contributed by atoms with Crippen molar-refractivity contribution in [3.8, 4) is 0 Å². The van der Waals surface area contributed by atoms with Gasteiger partial charge in [-0.2, -0.15) is 0 Å². The summed E-state index contributed by atoms with van der Waals surface area (Å²) < 4.78 is 13.9. The summed E-state index contributed by atoms with van der Waals surface area (Å²) >= 11 is 3.05. The molecule has 3 N–H and O–H groups in total. The van der Waals surface area contributed by atoms with Crippen LogP contribution in [0.4, 0.5) is 4.39 Å². The number of nitrogens with two attached hydrogens (primary N) is 1. The summed E-state index contributed by atoms with van der Waals surface area (Å²) in [6.45, 7) is 0.401. The largest absolute Gasteiger partial charge is 0.350 e. The molecule has 0 aromatic heterocycles. The van der Waals surface area contributed by atoms with Crippen LogP contribution in [0.3, 0.4) is 0 Å². The third kappa shape index (κ3) is 2.66. The van der Waals surface area contributed by atoms with E-state index in [1.165, 1.54) is 6.07 Å². The molecule has 0 saturated heterocycles. The molecule has 1 saturated carbocycles. The average molecular weight is 301 g/mol. The second-order valence-electron chi connectivity index (χ2n) is 4.50. The molecule has 3 nitrogen and oxygen atoms in total. The lowest BCUT2D eigenvalue weighted by Crippen LogP contribution is -2.55. The Balaban J connectivity index is 2.02. The quantitative estimate of drug-likeness (QED) is 0.899. The predicted octanol–water partition coefficient (Wildman–Crippen LogP) is 2.20. The zero-order valence-electron chi connectivity index (χ0n) is 9.30. The molecular formula is C12H14BrFN2O. The number of halogens is 2. The van der Waals surface area contributed by atoms with Gasteiger partial charge in [-0.05, 0) is 47.3 Å². The third-order valence-corrected chi connectivity index (χ3v) is 3.76. The SMILES string of the molecule is NC1(CNC(=O)c2cccc(Br)c2F)CCC1. The monoisotopic (exact) mass is 300 g/mol. The van der Waals surface area contributed by atoms with E-state index in [9.17, 15) is 9.18 Å². The fourth-order valence-corrected chi connectivity index (χ4v) is 2.20. The minimum atomic E-state index is -0.537. The summed E-state index contributed by atoms with van der Waals surface area (Å²) in [5.41, 5.74) is 5.73. The van der Waals surface area contributed by atoms with Gasteiger partial charge in [-0.1, -0.05) is 6.07 Å². The Kier molecular flexibility index (Phi) is 3.49. The highest BCUT2D eigenvalue weighted by atomic mass is 79.9. The first kappa shape index (κ1) is 12.5. The van der Waals surface area contributed by atoms with Gasteiger partial charge in [-0.3, -0.25) is 4.79 Å². The number of hydrogen-bond donors (Lipinski definition) is 2. The third-order valence-electron chi connectivity index (χ3n) is 3.15. The lowest BCUT2D eigenvalue weighted by molar-refractivity contribution is 0.0925. The van der Waals surface area contributed by atoms with E-state index in [1.807, 2.05) is 0 Å². The molecular weight excluding hydrogens is 287 g/mol. The molecule has 1 fully saturated rings. The second kappa shape index (κ2) is 4.74. The summed E-state index contributed by atoms with van der Waals surface area (Å²) in [7, 11) is 0. The highest BCUT2D eigenvalue weighted by molar-refractivity contribution is 9.10. The zero-order chi connectivity index (χ0) is 12.5. The van der Waals surface area contributed by atoms with Crippen molar-refractivity contribution < 1.29 is 9.18 Å². The van der Waals surface area contributed by atoms with Gasteiger partial charge < -0.3 is 11.1 Å². The summed E-state index contributed by atoms with van der Waals surface area (Å²) in [5.74, 6) is -0.954. The van der Waals surface area contributed by atoms with Gasteiger partial charge in [0.05, 0.1) is 10.0 Å². The van der Waals surface area contributed by atoms with Crippen LogP contribution in [0.25, 0.3) is 0 Å². The minimum absolute atomic E-state index is 0.0438. The lowest BCUT2D eigenvalue weighted by Gasteiger charge is -2.38. The van der Waals surface area contributed by atoms with Crippen molar-refractivity contribution >= 4 is 21.8 Å². The average Bonchev–Trinajstić information content (AvgIpc) is 2.27. The molecule has 0 bridgehead atoms. The van der Waals surface area contributed by atoms with Crippen molar-refractivity contribution in [1.29, 1.82) is 0 Å². The van der Waals surface area contributed by atoms with Gasteiger partial charge in [0.1, 0.15) is 5.82 Å². The molecule has 1 aromatic rings. The first-order valence-electron chi connectivity index (χ1n) is 5.53. The molecule has 1 aliphatic carbocycles. The number of hydrogen-bond acceptors (Lipinski definition) is 2. The van der Waals surface area contributed by atoms with E-state index in [1.54, 1.807) is 12.1 Å². The van der Waals surface area contributed by atoms with Crippen LogP contribution < -0.4 is 11.1 Å². The molecule has 2 rings (SSSR count).